The van der Waals surface area contributed by atoms with Crippen LogP contribution in [-0.2, 0) is 0 Å². The van der Waals surface area contributed by atoms with Crippen LogP contribution in [-0.4, -0.2) is 63.2 Å². The molecule has 0 aromatic carbocycles. The van der Waals surface area contributed by atoms with Gasteiger partial charge in [0.05, 0.1) is 0 Å². The molecule has 1 aliphatic rings. The molecule has 0 spiro atoms. The normalized spacial score (nSPS) is 16.8. The summed E-state index contributed by atoms with van der Waals surface area (Å²) in [7, 11) is 6.44. The van der Waals surface area contributed by atoms with Crippen LogP contribution in [0.1, 0.15) is 13.8 Å². The minimum Gasteiger partial charge on any atom is -0.314 e. The molecule has 0 radical (unpaired) electrons. The van der Waals surface area contributed by atoms with Crippen molar-refractivity contribution in [2.24, 2.45) is 0 Å². The lowest BCUT2D eigenvalue weighted by Gasteiger charge is -2.36. The van der Waals surface area contributed by atoms with Gasteiger partial charge in [-0.2, -0.15) is 0 Å². The van der Waals surface area contributed by atoms with E-state index in [9.17, 15) is 0 Å². The fourth-order valence-electron chi connectivity index (χ4n) is 1.13. The van der Waals surface area contributed by atoms with Crippen LogP contribution < -0.4 is 5.32 Å². The zero-order valence-electron chi connectivity index (χ0n) is 9.80. The Morgan fingerprint density at radius 3 is 1.92 bits per heavy atom. The van der Waals surface area contributed by atoms with Gasteiger partial charge in [0, 0.05) is 32.2 Å². The second-order valence-corrected chi connectivity index (χ2v) is 3.60. The molecule has 1 fully saturated rings. The topological polar surface area (TPSA) is 18.5 Å². The largest absolute Gasteiger partial charge is 0.314 e. The zero-order chi connectivity index (χ0) is 10.3. The zero-order valence-corrected chi connectivity index (χ0v) is 9.80. The maximum absolute atomic E-state index is 3.27. The predicted octanol–water partition coefficient (Wildman–Crippen LogP) is 0.478. The van der Waals surface area contributed by atoms with Gasteiger partial charge in [0.2, 0.25) is 0 Å². The van der Waals surface area contributed by atoms with Gasteiger partial charge in [-0.25, -0.2) is 0 Å². The third kappa shape index (κ3) is 5.24. The number of rotatable bonds is 4. The Kier molecular flexibility index (Phi) is 7.23. The van der Waals surface area contributed by atoms with E-state index in [2.05, 4.69) is 36.3 Å². The van der Waals surface area contributed by atoms with E-state index in [1.165, 1.54) is 19.6 Å². The fourth-order valence-corrected chi connectivity index (χ4v) is 1.13. The summed E-state index contributed by atoms with van der Waals surface area (Å²) in [6.45, 7) is 8.68. The molecule has 1 heterocycles. The van der Waals surface area contributed by atoms with Gasteiger partial charge in [-0.1, -0.05) is 13.8 Å². The highest BCUT2D eigenvalue weighted by Gasteiger charge is 2.20. The van der Waals surface area contributed by atoms with Crippen LogP contribution in [0.5, 0.6) is 0 Å². The SMILES string of the molecule is CC.CN(C)CCN(C)C1CNC1. The lowest BCUT2D eigenvalue weighted by molar-refractivity contribution is 0.167. The van der Waals surface area contributed by atoms with Crippen LogP contribution in [0.4, 0.5) is 0 Å². The molecule has 1 N–H and O–H groups in total. The molecule has 0 aromatic rings. The summed E-state index contributed by atoms with van der Waals surface area (Å²) < 4.78 is 0. The van der Waals surface area contributed by atoms with Crippen LogP contribution in [0.15, 0.2) is 0 Å². The summed E-state index contributed by atoms with van der Waals surface area (Å²) in [5.41, 5.74) is 0. The number of nitrogens with one attached hydrogen (secondary N) is 1. The summed E-state index contributed by atoms with van der Waals surface area (Å²) in [6, 6.07) is 0.787. The average molecular weight is 187 g/mol. The van der Waals surface area contributed by atoms with Crippen LogP contribution >= 0.6 is 0 Å². The smallest absolute Gasteiger partial charge is 0.0342 e. The first kappa shape index (κ1) is 12.9. The first-order valence-electron chi connectivity index (χ1n) is 5.26. The maximum atomic E-state index is 3.27. The van der Waals surface area contributed by atoms with Crippen molar-refractivity contribution in [1.82, 2.24) is 15.1 Å². The van der Waals surface area contributed by atoms with Crippen molar-refractivity contribution < 1.29 is 0 Å². The fraction of sp³-hybridized carbons (Fsp3) is 1.00. The third-order valence-electron chi connectivity index (χ3n) is 2.28. The van der Waals surface area contributed by atoms with Crippen molar-refractivity contribution in [3.05, 3.63) is 0 Å². The summed E-state index contributed by atoms with van der Waals surface area (Å²) >= 11 is 0. The van der Waals surface area contributed by atoms with Crippen molar-refractivity contribution in [1.29, 1.82) is 0 Å². The number of nitrogens with zero attached hydrogens (tertiary/aromatic N) is 2. The Morgan fingerprint density at radius 2 is 1.62 bits per heavy atom. The van der Waals surface area contributed by atoms with Gasteiger partial charge < -0.3 is 10.2 Å². The van der Waals surface area contributed by atoms with Crippen LogP contribution in [0.3, 0.4) is 0 Å². The molecule has 0 saturated carbocycles. The number of hydrogen-bond donors (Lipinski definition) is 1. The molecule has 1 aliphatic heterocycles. The summed E-state index contributed by atoms with van der Waals surface area (Å²) in [6.07, 6.45) is 0. The van der Waals surface area contributed by atoms with E-state index in [1.807, 2.05) is 13.8 Å². The molecular formula is C10H25N3. The third-order valence-corrected chi connectivity index (χ3v) is 2.28. The van der Waals surface area contributed by atoms with Crippen molar-refractivity contribution >= 4 is 0 Å². The molecule has 0 amide bonds. The van der Waals surface area contributed by atoms with Crippen LogP contribution in [0.25, 0.3) is 0 Å². The van der Waals surface area contributed by atoms with Gasteiger partial charge in [-0.3, -0.25) is 4.90 Å². The average Bonchev–Trinajstić information content (AvgIpc) is 2.01. The van der Waals surface area contributed by atoms with Gasteiger partial charge in [-0.05, 0) is 21.1 Å². The Balaban J connectivity index is 0.000000671. The quantitative estimate of drug-likeness (QED) is 0.690. The Morgan fingerprint density at radius 1 is 1.08 bits per heavy atom. The first-order valence-corrected chi connectivity index (χ1v) is 5.26. The minimum absolute atomic E-state index is 0.787. The second-order valence-electron chi connectivity index (χ2n) is 3.60. The van der Waals surface area contributed by atoms with Crippen molar-refractivity contribution in [2.75, 3.05) is 47.3 Å². The monoisotopic (exact) mass is 187 g/mol. The van der Waals surface area contributed by atoms with E-state index in [4.69, 9.17) is 0 Å². The molecule has 1 rings (SSSR count). The van der Waals surface area contributed by atoms with Crippen molar-refractivity contribution in [2.45, 2.75) is 19.9 Å². The molecule has 0 unspecified atom stereocenters. The number of likely N-dealkylation sites (N-methyl/N-ethyl adjacent to an activating group) is 2. The van der Waals surface area contributed by atoms with Gasteiger partial charge in [0.25, 0.3) is 0 Å². The standard InChI is InChI=1S/C8H19N3.C2H6/c1-10(2)4-5-11(3)8-6-9-7-8;1-2/h8-9H,4-7H2,1-3H3;1-2H3. The molecule has 3 heteroatoms. The second kappa shape index (κ2) is 7.30. The van der Waals surface area contributed by atoms with E-state index in [0.717, 1.165) is 12.6 Å². The molecule has 13 heavy (non-hydrogen) atoms. The van der Waals surface area contributed by atoms with Crippen LogP contribution in [0, 0.1) is 0 Å². The molecular weight excluding hydrogens is 162 g/mol. The molecule has 3 nitrogen and oxygen atoms in total. The highest BCUT2D eigenvalue weighted by atomic mass is 15.2. The molecule has 0 aliphatic carbocycles. The maximum Gasteiger partial charge on any atom is 0.0342 e. The van der Waals surface area contributed by atoms with Crippen molar-refractivity contribution in [3.63, 3.8) is 0 Å². The molecule has 80 valence electrons. The van der Waals surface area contributed by atoms with Gasteiger partial charge >= 0.3 is 0 Å². The number of hydrogen-bond acceptors (Lipinski definition) is 3. The van der Waals surface area contributed by atoms with Gasteiger partial charge in [0.1, 0.15) is 0 Å². The van der Waals surface area contributed by atoms with E-state index >= 15 is 0 Å². The van der Waals surface area contributed by atoms with E-state index in [-0.39, 0.29) is 0 Å². The van der Waals surface area contributed by atoms with Crippen molar-refractivity contribution in [3.8, 4) is 0 Å². The minimum atomic E-state index is 0.787. The lowest BCUT2D eigenvalue weighted by atomic mass is 10.1. The Bertz CT molecular complexity index is 111. The highest BCUT2D eigenvalue weighted by molar-refractivity contribution is 4.82. The van der Waals surface area contributed by atoms with Crippen LogP contribution in [0.2, 0.25) is 0 Å². The van der Waals surface area contributed by atoms with E-state index < -0.39 is 0 Å². The predicted molar refractivity (Wildman–Crippen MR) is 59.2 cm³/mol. The summed E-state index contributed by atoms with van der Waals surface area (Å²) in [4.78, 5) is 4.65. The molecule has 0 aromatic heterocycles. The lowest BCUT2D eigenvalue weighted by Crippen LogP contribution is -2.56. The Hall–Kier alpha value is -0.120. The Labute approximate surface area is 83.1 Å². The molecule has 1 saturated heterocycles. The van der Waals surface area contributed by atoms with Gasteiger partial charge in [-0.15, -0.1) is 0 Å². The molecule has 0 atom stereocenters. The first-order chi connectivity index (χ1) is 6.20. The summed E-state index contributed by atoms with van der Waals surface area (Å²) in [5.74, 6) is 0. The molecule has 0 bridgehead atoms. The van der Waals surface area contributed by atoms with Gasteiger partial charge in [0.15, 0.2) is 0 Å². The van der Waals surface area contributed by atoms with E-state index in [1.54, 1.807) is 0 Å². The highest BCUT2D eigenvalue weighted by Crippen LogP contribution is 2.00. The summed E-state index contributed by atoms with van der Waals surface area (Å²) in [5, 5.41) is 3.27. The van der Waals surface area contributed by atoms with E-state index in [0.29, 0.717) is 0 Å².